The normalized spacial score (nSPS) is 11.8. The van der Waals surface area contributed by atoms with E-state index in [-0.39, 0.29) is 12.0 Å². The molecule has 0 aliphatic rings. The van der Waals surface area contributed by atoms with E-state index in [1.54, 1.807) is 6.07 Å². The number of benzene rings is 2. The second kappa shape index (κ2) is 7.04. The Balaban J connectivity index is 2.06. The molecule has 0 aliphatic carbocycles. The summed E-state index contributed by atoms with van der Waals surface area (Å²) in [4.78, 5) is 11.9. The van der Waals surface area contributed by atoms with Crippen molar-refractivity contribution in [2.24, 2.45) is 5.41 Å². The van der Waals surface area contributed by atoms with Crippen LogP contribution < -0.4 is 11.1 Å². The second-order valence-electron chi connectivity index (χ2n) is 6.36. The van der Waals surface area contributed by atoms with Crippen LogP contribution in [-0.4, -0.2) is 12.7 Å². The van der Waals surface area contributed by atoms with Crippen molar-refractivity contribution in [2.45, 2.75) is 20.8 Å². The van der Waals surface area contributed by atoms with Gasteiger partial charge in [0.1, 0.15) is 6.61 Å². The van der Waals surface area contributed by atoms with Gasteiger partial charge in [-0.3, -0.25) is 5.32 Å². The van der Waals surface area contributed by atoms with Crippen LogP contribution in [0.2, 0.25) is 0 Å². The second-order valence-corrected chi connectivity index (χ2v) is 7.15. The lowest BCUT2D eigenvalue weighted by Crippen LogP contribution is -2.14. The smallest absolute Gasteiger partial charge is 0.411 e. The van der Waals surface area contributed by atoms with Crippen LogP contribution >= 0.6 is 15.9 Å². The number of hydrogen-bond donors (Lipinski definition) is 2. The molecule has 0 unspecified atom stereocenters. The minimum atomic E-state index is -0.493. The first-order chi connectivity index (χ1) is 10.8. The Kier molecular flexibility index (Phi) is 5.31. The largest absolute Gasteiger partial charge is 0.445 e. The van der Waals surface area contributed by atoms with Gasteiger partial charge in [0.15, 0.2) is 0 Å². The summed E-state index contributed by atoms with van der Waals surface area (Å²) >= 11 is 3.51. The maximum Gasteiger partial charge on any atom is 0.411 e. The number of nitrogens with two attached hydrogens (primary N) is 1. The van der Waals surface area contributed by atoms with Crippen molar-refractivity contribution in [3.63, 3.8) is 0 Å². The van der Waals surface area contributed by atoms with Gasteiger partial charge in [-0.1, -0.05) is 51.1 Å². The number of amides is 1. The Labute approximate surface area is 144 Å². The fourth-order valence-electron chi connectivity index (χ4n) is 2.11. The number of hydrogen-bond acceptors (Lipinski definition) is 3. The molecule has 5 heteroatoms. The van der Waals surface area contributed by atoms with Gasteiger partial charge in [-0.15, -0.1) is 0 Å². The highest BCUT2D eigenvalue weighted by atomic mass is 79.9. The third-order valence-electron chi connectivity index (χ3n) is 3.19. The van der Waals surface area contributed by atoms with Crippen molar-refractivity contribution in [3.05, 3.63) is 47.0 Å². The lowest BCUT2D eigenvalue weighted by atomic mass is 9.96. The molecule has 0 radical (unpaired) electrons. The molecule has 0 spiro atoms. The minimum Gasteiger partial charge on any atom is -0.445 e. The van der Waals surface area contributed by atoms with Crippen LogP contribution in [0.3, 0.4) is 0 Å². The van der Waals surface area contributed by atoms with Crippen LogP contribution in [-0.2, 0) is 4.74 Å². The van der Waals surface area contributed by atoms with Crippen molar-refractivity contribution in [3.8, 4) is 0 Å². The maximum atomic E-state index is 11.9. The Morgan fingerprint density at radius 1 is 1.26 bits per heavy atom. The fourth-order valence-corrected chi connectivity index (χ4v) is 2.69. The van der Waals surface area contributed by atoms with Gasteiger partial charge in [-0.2, -0.15) is 0 Å². The monoisotopic (exact) mass is 376 g/mol. The highest BCUT2D eigenvalue weighted by Crippen LogP contribution is 2.33. The van der Waals surface area contributed by atoms with Crippen LogP contribution in [0, 0.1) is 5.41 Å². The number of ether oxygens (including phenoxy) is 1. The molecule has 0 fully saturated rings. The number of nitrogen functional groups attached to an aromatic ring is 1. The van der Waals surface area contributed by atoms with E-state index in [0.29, 0.717) is 11.4 Å². The van der Waals surface area contributed by atoms with Gasteiger partial charge in [-0.05, 0) is 33.5 Å². The van der Waals surface area contributed by atoms with Crippen LogP contribution in [0.1, 0.15) is 20.8 Å². The van der Waals surface area contributed by atoms with Crippen molar-refractivity contribution < 1.29 is 9.53 Å². The Morgan fingerprint density at radius 3 is 2.70 bits per heavy atom. The molecule has 2 aromatic carbocycles. The van der Waals surface area contributed by atoms with E-state index in [2.05, 4.69) is 42.0 Å². The first-order valence-corrected chi connectivity index (χ1v) is 8.15. The Morgan fingerprint density at radius 2 is 2.00 bits per heavy atom. The van der Waals surface area contributed by atoms with Gasteiger partial charge in [-0.25, -0.2) is 4.79 Å². The number of nitrogens with one attached hydrogen (secondary N) is 1. The molecule has 23 heavy (non-hydrogen) atoms. The lowest BCUT2D eigenvalue weighted by molar-refractivity contribution is 0.174. The molecule has 0 atom stereocenters. The summed E-state index contributed by atoms with van der Waals surface area (Å²) in [5.41, 5.74) is 7.37. The summed E-state index contributed by atoms with van der Waals surface area (Å²) in [6.07, 6.45) is 3.36. The van der Waals surface area contributed by atoms with Crippen LogP contribution in [0.15, 0.2) is 47.0 Å². The summed E-state index contributed by atoms with van der Waals surface area (Å²) < 4.78 is 5.93. The molecule has 2 rings (SSSR count). The summed E-state index contributed by atoms with van der Waals surface area (Å²) in [5, 5.41) is 4.61. The summed E-state index contributed by atoms with van der Waals surface area (Å²) in [6.45, 7) is 6.49. The third-order valence-corrected chi connectivity index (χ3v) is 4.05. The number of rotatable bonds is 3. The van der Waals surface area contributed by atoms with E-state index in [1.165, 1.54) is 0 Å². The van der Waals surface area contributed by atoms with Gasteiger partial charge in [0.25, 0.3) is 0 Å². The van der Waals surface area contributed by atoms with E-state index >= 15 is 0 Å². The molecule has 0 aliphatic heterocycles. The standard InChI is InChI=1S/C18H21BrN2O2/c1-18(2,3)10-5-11-23-17(22)21-15-9-8-12-13(16(15)19)6-4-7-14(12)20/h4-10H,11,20H2,1-3H3,(H,21,22). The Bertz CT molecular complexity index is 749. The molecule has 0 heterocycles. The van der Waals surface area contributed by atoms with Crippen LogP contribution in [0.4, 0.5) is 16.2 Å². The third kappa shape index (κ3) is 4.73. The van der Waals surface area contributed by atoms with Gasteiger partial charge in [0.2, 0.25) is 0 Å². The molecule has 0 bridgehead atoms. The van der Waals surface area contributed by atoms with E-state index in [1.807, 2.05) is 36.4 Å². The van der Waals surface area contributed by atoms with Gasteiger partial charge < -0.3 is 10.5 Å². The fraction of sp³-hybridized carbons (Fsp3) is 0.278. The molecular weight excluding hydrogens is 356 g/mol. The molecular formula is C18H21BrN2O2. The first kappa shape index (κ1) is 17.3. The van der Waals surface area contributed by atoms with Crippen molar-refractivity contribution >= 4 is 44.2 Å². The van der Waals surface area contributed by atoms with Crippen LogP contribution in [0.5, 0.6) is 0 Å². The predicted octanol–water partition coefficient (Wildman–Crippen LogP) is 5.34. The number of allylic oxidation sites excluding steroid dienone is 1. The number of carbonyl (C=O) groups is 1. The topological polar surface area (TPSA) is 64.3 Å². The van der Waals surface area contributed by atoms with Gasteiger partial charge in [0.05, 0.1) is 5.69 Å². The molecule has 0 saturated carbocycles. The molecule has 2 aromatic rings. The van der Waals surface area contributed by atoms with Crippen molar-refractivity contribution in [2.75, 3.05) is 17.7 Å². The SMILES string of the molecule is CC(C)(C)C=CCOC(=O)Nc1ccc2c(N)cccc2c1Br. The van der Waals surface area contributed by atoms with Crippen molar-refractivity contribution in [1.29, 1.82) is 0 Å². The molecule has 0 aromatic heterocycles. The van der Waals surface area contributed by atoms with E-state index < -0.39 is 6.09 Å². The van der Waals surface area contributed by atoms with Crippen LogP contribution in [0.25, 0.3) is 10.8 Å². The molecule has 3 N–H and O–H groups in total. The summed E-state index contributed by atoms with van der Waals surface area (Å²) in [6, 6.07) is 9.34. The summed E-state index contributed by atoms with van der Waals surface area (Å²) in [7, 11) is 0. The predicted molar refractivity (Wildman–Crippen MR) is 99.6 cm³/mol. The quantitative estimate of drug-likeness (QED) is 0.561. The van der Waals surface area contributed by atoms with E-state index in [0.717, 1.165) is 15.2 Å². The highest BCUT2D eigenvalue weighted by Gasteiger charge is 2.10. The number of halogens is 1. The zero-order valence-electron chi connectivity index (χ0n) is 13.5. The Hall–Kier alpha value is -2.01. The zero-order valence-corrected chi connectivity index (χ0v) is 15.1. The zero-order chi connectivity index (χ0) is 17.0. The molecule has 122 valence electrons. The van der Waals surface area contributed by atoms with E-state index in [4.69, 9.17) is 10.5 Å². The summed E-state index contributed by atoms with van der Waals surface area (Å²) in [5.74, 6) is 0. The molecule has 0 saturated heterocycles. The van der Waals surface area contributed by atoms with Gasteiger partial charge >= 0.3 is 6.09 Å². The average Bonchev–Trinajstić information content (AvgIpc) is 2.46. The molecule has 1 amide bonds. The average molecular weight is 377 g/mol. The highest BCUT2D eigenvalue weighted by molar-refractivity contribution is 9.10. The van der Waals surface area contributed by atoms with Gasteiger partial charge in [0, 0.05) is 20.9 Å². The van der Waals surface area contributed by atoms with E-state index in [9.17, 15) is 4.79 Å². The first-order valence-electron chi connectivity index (χ1n) is 7.36. The minimum absolute atomic E-state index is 0.0706. The number of fused-ring (bicyclic) bond motifs is 1. The molecule has 4 nitrogen and oxygen atoms in total. The van der Waals surface area contributed by atoms with Crippen molar-refractivity contribution in [1.82, 2.24) is 0 Å². The number of carbonyl (C=O) groups excluding carboxylic acids is 1. The lowest BCUT2D eigenvalue weighted by Gasteiger charge is -2.12. The maximum absolute atomic E-state index is 11.9. The number of anilines is 2.